The molecule has 2 rings (SSSR count). The largest absolute Gasteiger partial charge is 0.497 e. The predicted octanol–water partition coefficient (Wildman–Crippen LogP) is 1.06. The molecule has 0 aromatic heterocycles. The number of rotatable bonds is 3. The Labute approximate surface area is 98.7 Å². The molecule has 1 amide bonds. The Kier molecular flexibility index (Phi) is 3.24. The van der Waals surface area contributed by atoms with Crippen molar-refractivity contribution in [2.45, 2.75) is 5.37 Å². The van der Waals surface area contributed by atoms with Crippen molar-refractivity contribution in [2.24, 2.45) is 5.73 Å². The van der Waals surface area contributed by atoms with Crippen molar-refractivity contribution in [2.75, 3.05) is 24.3 Å². The number of benzene rings is 1. The third-order valence-electron chi connectivity index (χ3n) is 2.54. The number of ether oxygens (including phenoxy) is 1. The van der Waals surface area contributed by atoms with Crippen LogP contribution in [0.4, 0.5) is 5.69 Å². The molecular weight excluding hydrogens is 224 g/mol. The van der Waals surface area contributed by atoms with Gasteiger partial charge in [0.15, 0.2) is 5.37 Å². The van der Waals surface area contributed by atoms with E-state index in [0.717, 1.165) is 23.7 Å². The summed E-state index contributed by atoms with van der Waals surface area (Å²) in [5.41, 5.74) is 6.36. The number of anilines is 1. The van der Waals surface area contributed by atoms with E-state index in [4.69, 9.17) is 10.5 Å². The van der Waals surface area contributed by atoms with Gasteiger partial charge in [-0.1, -0.05) is 0 Å². The van der Waals surface area contributed by atoms with Crippen molar-refractivity contribution in [3.63, 3.8) is 0 Å². The summed E-state index contributed by atoms with van der Waals surface area (Å²) in [5.74, 6) is 1.46. The third kappa shape index (κ3) is 2.09. The minimum atomic E-state index is -0.279. The molecule has 4 nitrogen and oxygen atoms in total. The average molecular weight is 238 g/mol. The van der Waals surface area contributed by atoms with Gasteiger partial charge in [-0.3, -0.25) is 4.79 Å². The van der Waals surface area contributed by atoms with Gasteiger partial charge in [0.2, 0.25) is 0 Å². The number of nitrogens with two attached hydrogens (primary N) is 1. The number of amides is 1. The maximum absolute atomic E-state index is 11.2. The summed E-state index contributed by atoms with van der Waals surface area (Å²) in [6.45, 7) is 0.852. The van der Waals surface area contributed by atoms with E-state index in [1.54, 1.807) is 18.9 Å². The topological polar surface area (TPSA) is 55.6 Å². The lowest BCUT2D eigenvalue weighted by molar-refractivity contribution is -0.117. The van der Waals surface area contributed by atoms with E-state index in [1.807, 2.05) is 29.2 Å². The lowest BCUT2D eigenvalue weighted by Gasteiger charge is -2.23. The van der Waals surface area contributed by atoms with E-state index in [2.05, 4.69) is 0 Å². The Hall–Kier alpha value is -1.36. The van der Waals surface area contributed by atoms with Crippen molar-refractivity contribution in [3.8, 4) is 5.75 Å². The molecule has 1 atom stereocenters. The van der Waals surface area contributed by atoms with Crippen LogP contribution in [-0.4, -0.2) is 30.7 Å². The first-order valence-electron chi connectivity index (χ1n) is 5.04. The Bertz CT molecular complexity index is 380. The molecule has 1 saturated heterocycles. The van der Waals surface area contributed by atoms with Gasteiger partial charge in [-0.05, 0) is 24.3 Å². The molecule has 1 aliphatic rings. The highest BCUT2D eigenvalue weighted by Crippen LogP contribution is 2.30. The zero-order valence-corrected chi connectivity index (χ0v) is 9.87. The summed E-state index contributed by atoms with van der Waals surface area (Å²) in [7, 11) is 1.63. The number of nitrogens with zero attached hydrogens (tertiary/aromatic N) is 1. The fourth-order valence-electron chi connectivity index (χ4n) is 1.74. The van der Waals surface area contributed by atoms with Gasteiger partial charge in [0, 0.05) is 18.0 Å². The zero-order chi connectivity index (χ0) is 11.5. The van der Waals surface area contributed by atoms with Crippen molar-refractivity contribution >= 4 is 23.4 Å². The lowest BCUT2D eigenvalue weighted by Crippen LogP contribution is -2.38. The Morgan fingerprint density at radius 3 is 2.75 bits per heavy atom. The van der Waals surface area contributed by atoms with E-state index in [1.165, 1.54) is 0 Å². The fourth-order valence-corrected chi connectivity index (χ4v) is 2.84. The standard InChI is InChI=1S/C11H14N2O2S/c1-15-9-4-2-8(3-5-9)13-6-7-16-11(13)10(12)14/h2-5,11H,6-7H2,1H3,(H2,12,14)/t11-/m0/s1. The minimum Gasteiger partial charge on any atom is -0.497 e. The first kappa shape index (κ1) is 11.1. The van der Waals surface area contributed by atoms with Gasteiger partial charge in [0.05, 0.1) is 7.11 Å². The molecule has 1 fully saturated rings. The molecule has 5 heteroatoms. The fraction of sp³-hybridized carbons (Fsp3) is 0.364. The molecule has 0 unspecified atom stereocenters. The third-order valence-corrected chi connectivity index (χ3v) is 3.76. The van der Waals surface area contributed by atoms with Crippen LogP contribution in [0.15, 0.2) is 24.3 Å². The van der Waals surface area contributed by atoms with Gasteiger partial charge >= 0.3 is 0 Å². The van der Waals surface area contributed by atoms with Crippen molar-refractivity contribution in [1.29, 1.82) is 0 Å². The average Bonchev–Trinajstić information content (AvgIpc) is 2.78. The van der Waals surface area contributed by atoms with Crippen LogP contribution in [0.1, 0.15) is 0 Å². The maximum atomic E-state index is 11.2. The molecule has 86 valence electrons. The van der Waals surface area contributed by atoms with Crippen molar-refractivity contribution in [1.82, 2.24) is 0 Å². The van der Waals surface area contributed by atoms with Crippen LogP contribution < -0.4 is 15.4 Å². The number of hydrogen-bond acceptors (Lipinski definition) is 4. The second kappa shape index (κ2) is 4.65. The summed E-state index contributed by atoms with van der Waals surface area (Å²) >= 11 is 1.58. The van der Waals surface area contributed by atoms with Gasteiger partial charge in [0.25, 0.3) is 5.91 Å². The summed E-state index contributed by atoms with van der Waals surface area (Å²) in [6, 6.07) is 7.66. The normalized spacial score (nSPS) is 19.8. The second-order valence-corrected chi connectivity index (χ2v) is 4.71. The quantitative estimate of drug-likeness (QED) is 0.855. The molecule has 1 aromatic carbocycles. The predicted molar refractivity (Wildman–Crippen MR) is 65.8 cm³/mol. The highest BCUT2D eigenvalue weighted by molar-refractivity contribution is 8.01. The van der Waals surface area contributed by atoms with E-state index in [0.29, 0.717) is 0 Å². The molecule has 2 N–H and O–H groups in total. The molecule has 16 heavy (non-hydrogen) atoms. The van der Waals surface area contributed by atoms with E-state index < -0.39 is 0 Å². The van der Waals surface area contributed by atoms with Crippen LogP contribution in [0.25, 0.3) is 0 Å². The molecule has 0 spiro atoms. The molecule has 0 saturated carbocycles. The van der Waals surface area contributed by atoms with Gasteiger partial charge in [-0.2, -0.15) is 0 Å². The van der Waals surface area contributed by atoms with E-state index in [-0.39, 0.29) is 11.3 Å². The van der Waals surface area contributed by atoms with Crippen LogP contribution >= 0.6 is 11.8 Å². The number of thioether (sulfide) groups is 1. The van der Waals surface area contributed by atoms with Crippen molar-refractivity contribution < 1.29 is 9.53 Å². The highest BCUT2D eigenvalue weighted by Gasteiger charge is 2.29. The zero-order valence-electron chi connectivity index (χ0n) is 9.05. The SMILES string of the molecule is COc1ccc(N2CCS[C@H]2C(N)=O)cc1. The number of hydrogen-bond donors (Lipinski definition) is 1. The smallest absolute Gasteiger partial charge is 0.250 e. The van der Waals surface area contributed by atoms with Gasteiger partial charge in [0.1, 0.15) is 5.75 Å². The summed E-state index contributed by atoms with van der Waals surface area (Å²) in [6.07, 6.45) is 0. The van der Waals surface area contributed by atoms with Crippen LogP contribution in [0.2, 0.25) is 0 Å². The molecule has 0 radical (unpaired) electrons. The molecule has 1 aromatic rings. The summed E-state index contributed by atoms with van der Waals surface area (Å²) in [4.78, 5) is 13.3. The summed E-state index contributed by atoms with van der Waals surface area (Å²) in [5, 5.41) is -0.242. The first-order chi connectivity index (χ1) is 7.72. The van der Waals surface area contributed by atoms with Crippen LogP contribution in [0.3, 0.4) is 0 Å². The number of carbonyl (C=O) groups excluding carboxylic acids is 1. The van der Waals surface area contributed by atoms with Crippen molar-refractivity contribution in [3.05, 3.63) is 24.3 Å². The molecule has 1 heterocycles. The second-order valence-electron chi connectivity index (χ2n) is 3.52. The van der Waals surface area contributed by atoms with Gasteiger partial charge in [-0.25, -0.2) is 0 Å². The molecule has 1 aliphatic heterocycles. The van der Waals surface area contributed by atoms with E-state index in [9.17, 15) is 4.79 Å². The van der Waals surface area contributed by atoms with Gasteiger partial charge < -0.3 is 15.4 Å². The molecule has 0 aliphatic carbocycles. The molecule has 0 bridgehead atoms. The Balaban J connectivity index is 2.19. The number of primary amides is 1. The van der Waals surface area contributed by atoms with Gasteiger partial charge in [-0.15, -0.1) is 11.8 Å². The lowest BCUT2D eigenvalue weighted by atomic mass is 10.2. The van der Waals surface area contributed by atoms with E-state index >= 15 is 0 Å². The minimum absolute atomic E-state index is 0.242. The summed E-state index contributed by atoms with van der Waals surface area (Å²) < 4.78 is 5.09. The number of carbonyl (C=O) groups is 1. The monoisotopic (exact) mass is 238 g/mol. The Morgan fingerprint density at radius 1 is 1.50 bits per heavy atom. The number of methoxy groups -OCH3 is 1. The van der Waals surface area contributed by atoms with Crippen LogP contribution in [0, 0.1) is 0 Å². The first-order valence-corrected chi connectivity index (χ1v) is 6.09. The maximum Gasteiger partial charge on any atom is 0.250 e. The Morgan fingerprint density at radius 2 is 2.19 bits per heavy atom. The highest BCUT2D eigenvalue weighted by atomic mass is 32.2. The van der Waals surface area contributed by atoms with Crippen LogP contribution in [-0.2, 0) is 4.79 Å². The molecular formula is C11H14N2O2S. The van der Waals surface area contributed by atoms with Crippen LogP contribution in [0.5, 0.6) is 5.75 Å².